The average Bonchev–Trinajstić information content (AvgIpc) is 3.22. The monoisotopic (exact) mass is 323 g/mol. The van der Waals surface area contributed by atoms with Crippen molar-refractivity contribution in [3.63, 3.8) is 0 Å². The maximum Gasteiger partial charge on any atom is 0.149 e. The van der Waals surface area contributed by atoms with Gasteiger partial charge in [0.25, 0.3) is 0 Å². The topological polar surface area (TPSA) is 48.1 Å². The fourth-order valence-electron chi connectivity index (χ4n) is 3.34. The van der Waals surface area contributed by atoms with E-state index in [4.69, 9.17) is 4.74 Å². The number of methoxy groups -OCH3 is 1. The lowest BCUT2D eigenvalue weighted by Gasteiger charge is -2.28. The quantitative estimate of drug-likeness (QED) is 0.740. The molecule has 124 valence electrons. The predicted octanol–water partition coefficient (Wildman–Crippen LogP) is 2.40. The van der Waals surface area contributed by atoms with Crippen molar-refractivity contribution in [2.24, 2.45) is 0 Å². The van der Waals surface area contributed by atoms with Gasteiger partial charge in [-0.15, -0.1) is 0 Å². The van der Waals surface area contributed by atoms with E-state index in [2.05, 4.69) is 37.9 Å². The fraction of sp³-hybridized carbons (Fsp3) is 0.333. The number of para-hydroxylation sites is 1. The lowest BCUT2D eigenvalue weighted by Crippen LogP contribution is -2.33. The van der Waals surface area contributed by atoms with Crippen LogP contribution in [0.4, 0.5) is 0 Å². The summed E-state index contributed by atoms with van der Waals surface area (Å²) in [5, 5.41) is 4.33. The Morgan fingerprint density at radius 1 is 1.21 bits per heavy atom. The first kappa shape index (κ1) is 15.0. The highest BCUT2D eigenvalue weighted by molar-refractivity contribution is 5.51. The van der Waals surface area contributed by atoms with E-state index in [1.807, 2.05) is 29.9 Å². The minimum absolute atomic E-state index is 0.837. The Bertz CT molecular complexity index is 837. The molecular weight excluding hydrogens is 302 g/mol. The minimum atomic E-state index is 0.837. The van der Waals surface area contributed by atoms with Crippen LogP contribution in [0, 0.1) is 6.92 Å². The maximum absolute atomic E-state index is 5.71. The van der Waals surface area contributed by atoms with E-state index in [0.29, 0.717) is 0 Å². The van der Waals surface area contributed by atoms with Gasteiger partial charge in [0.2, 0.25) is 0 Å². The highest BCUT2D eigenvalue weighted by Gasteiger charge is 2.20. The third kappa shape index (κ3) is 2.69. The van der Waals surface area contributed by atoms with Gasteiger partial charge in [0.1, 0.15) is 17.3 Å². The van der Waals surface area contributed by atoms with E-state index in [-0.39, 0.29) is 0 Å². The molecule has 1 aliphatic rings. The summed E-state index contributed by atoms with van der Waals surface area (Å²) in [5.74, 6) is 2.02. The van der Waals surface area contributed by atoms with Gasteiger partial charge in [0.15, 0.2) is 0 Å². The van der Waals surface area contributed by atoms with Gasteiger partial charge in [-0.3, -0.25) is 4.90 Å². The van der Waals surface area contributed by atoms with E-state index >= 15 is 0 Å². The van der Waals surface area contributed by atoms with Crippen molar-refractivity contribution >= 4 is 0 Å². The van der Waals surface area contributed by atoms with E-state index in [1.54, 1.807) is 13.3 Å². The number of imidazole rings is 1. The SMILES string of the molecule is COc1c(CN2CCn3cc(C)nc3C2)cccc1-n1cccn1. The van der Waals surface area contributed by atoms with Gasteiger partial charge in [-0.2, -0.15) is 5.10 Å². The molecule has 0 unspecified atom stereocenters. The molecule has 0 radical (unpaired) electrons. The molecule has 24 heavy (non-hydrogen) atoms. The largest absolute Gasteiger partial charge is 0.494 e. The number of fused-ring (bicyclic) bond motifs is 1. The molecule has 6 heteroatoms. The summed E-state index contributed by atoms with van der Waals surface area (Å²) in [6.07, 6.45) is 5.84. The zero-order valence-corrected chi connectivity index (χ0v) is 14.0. The molecule has 0 aliphatic carbocycles. The zero-order valence-electron chi connectivity index (χ0n) is 14.0. The summed E-state index contributed by atoms with van der Waals surface area (Å²) in [6, 6.07) is 8.13. The van der Waals surface area contributed by atoms with E-state index < -0.39 is 0 Å². The first-order chi connectivity index (χ1) is 11.7. The number of rotatable bonds is 4. The Balaban J connectivity index is 1.60. The highest BCUT2D eigenvalue weighted by atomic mass is 16.5. The van der Waals surface area contributed by atoms with Crippen molar-refractivity contribution in [1.82, 2.24) is 24.2 Å². The van der Waals surface area contributed by atoms with E-state index in [9.17, 15) is 0 Å². The molecule has 1 aromatic carbocycles. The number of aromatic nitrogens is 4. The normalized spacial score (nSPS) is 14.6. The van der Waals surface area contributed by atoms with Gasteiger partial charge in [-0.25, -0.2) is 9.67 Å². The molecule has 0 saturated heterocycles. The molecule has 4 rings (SSSR count). The molecule has 2 aromatic heterocycles. The first-order valence-corrected chi connectivity index (χ1v) is 8.15. The Morgan fingerprint density at radius 2 is 2.12 bits per heavy atom. The van der Waals surface area contributed by atoms with Gasteiger partial charge in [-0.1, -0.05) is 12.1 Å². The number of hydrogen-bond acceptors (Lipinski definition) is 4. The molecule has 0 bridgehead atoms. The second-order valence-corrected chi connectivity index (χ2v) is 6.12. The van der Waals surface area contributed by atoms with Gasteiger partial charge in [0, 0.05) is 43.8 Å². The molecule has 0 fully saturated rings. The summed E-state index contributed by atoms with van der Waals surface area (Å²) in [5.41, 5.74) is 3.22. The molecule has 0 N–H and O–H groups in total. The standard InChI is InChI=1S/C18H21N5O/c1-14-11-22-10-9-21(13-17(22)20-14)12-15-5-3-6-16(18(15)24-2)23-8-4-7-19-23/h3-8,11H,9-10,12-13H2,1-2H3. The molecule has 1 aliphatic heterocycles. The second kappa shape index (κ2) is 6.13. The molecular formula is C18H21N5O. The van der Waals surface area contributed by atoms with Crippen LogP contribution < -0.4 is 4.74 Å². The van der Waals surface area contributed by atoms with Crippen LogP contribution in [0.5, 0.6) is 5.75 Å². The number of benzene rings is 1. The van der Waals surface area contributed by atoms with Gasteiger partial charge < -0.3 is 9.30 Å². The Hall–Kier alpha value is -2.60. The van der Waals surface area contributed by atoms with Crippen molar-refractivity contribution in [3.05, 3.63) is 59.9 Å². The summed E-state index contributed by atoms with van der Waals surface area (Å²) >= 11 is 0. The van der Waals surface area contributed by atoms with Crippen molar-refractivity contribution in [2.75, 3.05) is 13.7 Å². The van der Waals surface area contributed by atoms with Crippen molar-refractivity contribution < 1.29 is 4.74 Å². The predicted molar refractivity (Wildman–Crippen MR) is 91.2 cm³/mol. The third-order valence-corrected chi connectivity index (χ3v) is 4.43. The summed E-state index contributed by atoms with van der Waals surface area (Å²) < 4.78 is 9.80. The van der Waals surface area contributed by atoms with Gasteiger partial charge in [0.05, 0.1) is 19.3 Å². The van der Waals surface area contributed by atoms with E-state index in [1.165, 1.54) is 5.56 Å². The molecule has 0 amide bonds. The molecule has 0 atom stereocenters. The van der Waals surface area contributed by atoms with Crippen molar-refractivity contribution in [2.45, 2.75) is 26.6 Å². The van der Waals surface area contributed by atoms with Crippen LogP contribution in [-0.2, 0) is 19.6 Å². The lowest BCUT2D eigenvalue weighted by atomic mass is 10.1. The third-order valence-electron chi connectivity index (χ3n) is 4.43. The molecule has 6 nitrogen and oxygen atoms in total. The Morgan fingerprint density at radius 3 is 2.92 bits per heavy atom. The first-order valence-electron chi connectivity index (χ1n) is 8.15. The smallest absolute Gasteiger partial charge is 0.149 e. The van der Waals surface area contributed by atoms with Gasteiger partial charge in [-0.05, 0) is 19.1 Å². The Kier molecular flexibility index (Phi) is 3.82. The summed E-state index contributed by atoms with van der Waals surface area (Å²) in [4.78, 5) is 7.03. The van der Waals surface area contributed by atoms with Crippen LogP contribution in [0.2, 0.25) is 0 Å². The lowest BCUT2D eigenvalue weighted by molar-refractivity contribution is 0.206. The molecule has 3 heterocycles. The summed E-state index contributed by atoms with van der Waals surface area (Å²) in [7, 11) is 1.72. The van der Waals surface area contributed by atoms with Crippen LogP contribution in [0.25, 0.3) is 5.69 Å². The molecule has 0 spiro atoms. The molecule has 3 aromatic rings. The number of nitrogens with zero attached hydrogens (tertiary/aromatic N) is 5. The molecule has 0 saturated carbocycles. The van der Waals surface area contributed by atoms with Gasteiger partial charge >= 0.3 is 0 Å². The van der Waals surface area contributed by atoms with Crippen molar-refractivity contribution in [1.29, 1.82) is 0 Å². The van der Waals surface area contributed by atoms with Crippen LogP contribution in [0.15, 0.2) is 42.9 Å². The van der Waals surface area contributed by atoms with Crippen LogP contribution in [0.3, 0.4) is 0 Å². The average molecular weight is 323 g/mol. The number of hydrogen-bond donors (Lipinski definition) is 0. The van der Waals surface area contributed by atoms with Crippen LogP contribution in [0.1, 0.15) is 17.1 Å². The van der Waals surface area contributed by atoms with Crippen LogP contribution >= 0.6 is 0 Å². The van der Waals surface area contributed by atoms with Crippen molar-refractivity contribution in [3.8, 4) is 11.4 Å². The number of aryl methyl sites for hydroxylation is 1. The number of ether oxygens (including phenoxy) is 1. The Labute approximate surface area is 141 Å². The highest BCUT2D eigenvalue weighted by Crippen LogP contribution is 2.28. The minimum Gasteiger partial charge on any atom is -0.494 e. The fourth-order valence-corrected chi connectivity index (χ4v) is 3.34. The zero-order chi connectivity index (χ0) is 16.5. The maximum atomic E-state index is 5.71. The second-order valence-electron chi connectivity index (χ2n) is 6.12. The van der Waals surface area contributed by atoms with Crippen LogP contribution in [-0.4, -0.2) is 37.9 Å². The van der Waals surface area contributed by atoms with E-state index in [0.717, 1.165) is 49.1 Å². The summed E-state index contributed by atoms with van der Waals surface area (Å²) in [6.45, 7) is 5.74.